The molecule has 5 nitrogen and oxygen atoms in total. The smallest absolute Gasteiger partial charge is 0.337 e. The van der Waals surface area contributed by atoms with E-state index in [1.165, 1.54) is 12.7 Å². The number of aryl methyl sites for hydroxylation is 1. The molecule has 0 atom stereocenters. The SMILES string of the molecule is COC(=O)c1ccc(CCNC(=O)CCOc2cccc(C)c2C)cc1. The summed E-state index contributed by atoms with van der Waals surface area (Å²) in [5.74, 6) is 0.429. The van der Waals surface area contributed by atoms with Gasteiger partial charge in [0.2, 0.25) is 5.91 Å². The number of carbonyl (C=O) groups excluding carboxylic acids is 2. The van der Waals surface area contributed by atoms with Crippen LogP contribution in [0.2, 0.25) is 0 Å². The number of amides is 1. The average molecular weight is 355 g/mol. The van der Waals surface area contributed by atoms with Gasteiger partial charge >= 0.3 is 5.97 Å². The van der Waals surface area contributed by atoms with E-state index in [2.05, 4.69) is 10.1 Å². The predicted molar refractivity (Wildman–Crippen MR) is 101 cm³/mol. The Morgan fingerprint density at radius 3 is 2.46 bits per heavy atom. The number of hydrogen-bond donors (Lipinski definition) is 1. The predicted octanol–water partition coefficient (Wildman–Crippen LogP) is 3.22. The molecule has 26 heavy (non-hydrogen) atoms. The second-order valence-corrected chi connectivity index (χ2v) is 6.08. The molecule has 0 fully saturated rings. The third-order valence-corrected chi connectivity index (χ3v) is 4.25. The summed E-state index contributed by atoms with van der Waals surface area (Å²) in [5, 5.41) is 2.88. The van der Waals surface area contributed by atoms with E-state index in [1.54, 1.807) is 12.1 Å². The van der Waals surface area contributed by atoms with Crippen LogP contribution in [0.3, 0.4) is 0 Å². The van der Waals surface area contributed by atoms with E-state index in [9.17, 15) is 9.59 Å². The fourth-order valence-corrected chi connectivity index (χ4v) is 2.49. The molecule has 2 aromatic rings. The van der Waals surface area contributed by atoms with Crippen molar-refractivity contribution < 1.29 is 19.1 Å². The average Bonchev–Trinajstić information content (AvgIpc) is 2.65. The number of carbonyl (C=O) groups is 2. The summed E-state index contributed by atoms with van der Waals surface area (Å²) < 4.78 is 10.4. The standard InChI is InChI=1S/C21H25NO4/c1-15-5-4-6-19(16(15)2)26-14-12-20(23)22-13-11-17-7-9-18(10-8-17)21(24)25-3/h4-10H,11-14H2,1-3H3,(H,22,23). The summed E-state index contributed by atoms with van der Waals surface area (Å²) in [6.07, 6.45) is 1.01. The molecule has 5 heteroatoms. The lowest BCUT2D eigenvalue weighted by Gasteiger charge is -2.11. The molecule has 0 aliphatic rings. The third kappa shape index (κ3) is 5.62. The maximum atomic E-state index is 11.9. The van der Waals surface area contributed by atoms with Gasteiger partial charge in [0.25, 0.3) is 0 Å². The first-order chi connectivity index (χ1) is 12.5. The molecular weight excluding hydrogens is 330 g/mol. The third-order valence-electron chi connectivity index (χ3n) is 4.25. The number of ether oxygens (including phenoxy) is 2. The van der Waals surface area contributed by atoms with Crippen molar-refractivity contribution in [2.24, 2.45) is 0 Å². The molecule has 0 heterocycles. The second kappa shape index (κ2) is 9.61. The molecule has 0 aromatic heterocycles. The van der Waals surface area contributed by atoms with E-state index >= 15 is 0 Å². The van der Waals surface area contributed by atoms with Crippen LogP contribution >= 0.6 is 0 Å². The number of esters is 1. The summed E-state index contributed by atoms with van der Waals surface area (Å²) in [5.41, 5.74) is 3.84. The molecule has 0 aliphatic heterocycles. The van der Waals surface area contributed by atoms with Crippen LogP contribution in [0.15, 0.2) is 42.5 Å². The van der Waals surface area contributed by atoms with Crippen LogP contribution in [-0.2, 0) is 16.0 Å². The van der Waals surface area contributed by atoms with Crippen molar-refractivity contribution in [2.75, 3.05) is 20.3 Å². The van der Waals surface area contributed by atoms with Crippen molar-refractivity contribution in [2.45, 2.75) is 26.7 Å². The fourth-order valence-electron chi connectivity index (χ4n) is 2.49. The van der Waals surface area contributed by atoms with Gasteiger partial charge in [0.1, 0.15) is 5.75 Å². The summed E-state index contributed by atoms with van der Waals surface area (Å²) in [7, 11) is 1.36. The maximum absolute atomic E-state index is 11.9. The Hall–Kier alpha value is -2.82. The van der Waals surface area contributed by atoms with Gasteiger partial charge in [-0.2, -0.15) is 0 Å². The molecule has 2 aromatic carbocycles. The van der Waals surface area contributed by atoms with Crippen molar-refractivity contribution in [1.82, 2.24) is 5.32 Å². The minimum Gasteiger partial charge on any atom is -0.493 e. The van der Waals surface area contributed by atoms with E-state index in [-0.39, 0.29) is 11.9 Å². The maximum Gasteiger partial charge on any atom is 0.337 e. The number of rotatable bonds is 8. The largest absolute Gasteiger partial charge is 0.493 e. The van der Waals surface area contributed by atoms with Crippen LogP contribution in [0, 0.1) is 13.8 Å². The lowest BCUT2D eigenvalue weighted by molar-refractivity contribution is -0.121. The first kappa shape index (κ1) is 19.5. The Labute approximate surface area is 154 Å². The lowest BCUT2D eigenvalue weighted by Crippen LogP contribution is -2.27. The quantitative estimate of drug-likeness (QED) is 0.739. The molecule has 0 spiro atoms. The Balaban J connectivity index is 1.69. The number of hydrogen-bond acceptors (Lipinski definition) is 4. The van der Waals surface area contributed by atoms with E-state index in [4.69, 9.17) is 4.74 Å². The van der Waals surface area contributed by atoms with Gasteiger partial charge in [0.05, 0.1) is 25.7 Å². The van der Waals surface area contributed by atoms with Crippen molar-refractivity contribution >= 4 is 11.9 Å². The molecule has 0 bridgehead atoms. The van der Waals surface area contributed by atoms with Gasteiger partial charge in [-0.3, -0.25) is 4.79 Å². The fraction of sp³-hybridized carbons (Fsp3) is 0.333. The van der Waals surface area contributed by atoms with Gasteiger partial charge < -0.3 is 14.8 Å². The van der Waals surface area contributed by atoms with E-state index < -0.39 is 0 Å². The van der Waals surface area contributed by atoms with Crippen LogP contribution < -0.4 is 10.1 Å². The number of benzene rings is 2. The Bertz CT molecular complexity index is 753. The highest BCUT2D eigenvalue weighted by Crippen LogP contribution is 2.20. The molecular formula is C21H25NO4. The molecule has 2 rings (SSSR count). The molecule has 138 valence electrons. The molecule has 0 radical (unpaired) electrons. The minimum absolute atomic E-state index is 0.0403. The van der Waals surface area contributed by atoms with Crippen molar-refractivity contribution in [3.05, 3.63) is 64.7 Å². The molecule has 0 aliphatic carbocycles. The zero-order valence-electron chi connectivity index (χ0n) is 15.5. The van der Waals surface area contributed by atoms with Crippen molar-refractivity contribution in [1.29, 1.82) is 0 Å². The summed E-state index contributed by atoms with van der Waals surface area (Å²) in [6, 6.07) is 13.1. The van der Waals surface area contributed by atoms with Crippen LogP contribution in [0.5, 0.6) is 5.75 Å². The van der Waals surface area contributed by atoms with Gasteiger partial charge in [-0.05, 0) is 55.2 Å². The normalized spacial score (nSPS) is 10.3. The van der Waals surface area contributed by atoms with Crippen LogP contribution in [0.1, 0.15) is 33.5 Å². The zero-order valence-corrected chi connectivity index (χ0v) is 15.5. The van der Waals surface area contributed by atoms with Crippen molar-refractivity contribution in [3.63, 3.8) is 0 Å². The zero-order chi connectivity index (χ0) is 18.9. The number of methoxy groups -OCH3 is 1. The van der Waals surface area contributed by atoms with E-state index in [0.717, 1.165) is 16.9 Å². The van der Waals surface area contributed by atoms with Crippen LogP contribution in [0.25, 0.3) is 0 Å². The molecule has 1 amide bonds. The Morgan fingerprint density at radius 2 is 1.77 bits per heavy atom. The second-order valence-electron chi connectivity index (χ2n) is 6.08. The highest BCUT2D eigenvalue weighted by molar-refractivity contribution is 5.89. The van der Waals surface area contributed by atoms with Gasteiger partial charge in [-0.1, -0.05) is 24.3 Å². The summed E-state index contributed by atoms with van der Waals surface area (Å²) >= 11 is 0. The van der Waals surface area contributed by atoms with Gasteiger partial charge in [0.15, 0.2) is 0 Å². The monoisotopic (exact) mass is 355 g/mol. The molecule has 0 saturated heterocycles. The van der Waals surface area contributed by atoms with E-state index in [0.29, 0.717) is 31.6 Å². The molecule has 0 saturated carbocycles. The Morgan fingerprint density at radius 1 is 1.04 bits per heavy atom. The van der Waals surface area contributed by atoms with Crippen LogP contribution in [-0.4, -0.2) is 32.1 Å². The van der Waals surface area contributed by atoms with Gasteiger partial charge in [-0.25, -0.2) is 4.79 Å². The summed E-state index contributed by atoms with van der Waals surface area (Å²) in [4.78, 5) is 23.3. The van der Waals surface area contributed by atoms with Crippen LogP contribution in [0.4, 0.5) is 0 Å². The first-order valence-corrected chi connectivity index (χ1v) is 8.64. The van der Waals surface area contributed by atoms with Gasteiger partial charge in [0, 0.05) is 6.54 Å². The first-order valence-electron chi connectivity index (χ1n) is 8.64. The van der Waals surface area contributed by atoms with E-state index in [1.807, 2.05) is 44.2 Å². The number of nitrogens with one attached hydrogen (secondary N) is 1. The lowest BCUT2D eigenvalue weighted by atomic mass is 10.1. The topological polar surface area (TPSA) is 64.6 Å². The highest BCUT2D eigenvalue weighted by Gasteiger charge is 2.06. The van der Waals surface area contributed by atoms with Gasteiger partial charge in [-0.15, -0.1) is 0 Å². The molecule has 0 unspecified atom stereocenters. The highest BCUT2D eigenvalue weighted by atomic mass is 16.5. The minimum atomic E-state index is -0.353. The van der Waals surface area contributed by atoms with Crippen molar-refractivity contribution in [3.8, 4) is 5.75 Å². The summed E-state index contributed by atoms with van der Waals surface area (Å²) in [6.45, 7) is 4.94. The Kier molecular flexibility index (Phi) is 7.21. The molecule has 1 N–H and O–H groups in total.